The fourth-order valence-corrected chi connectivity index (χ4v) is 2.45. The normalized spacial score (nSPS) is 10.7. The molecule has 0 aromatic heterocycles. The van der Waals surface area contributed by atoms with Crippen LogP contribution in [-0.4, -0.2) is 30.9 Å². The predicted octanol–water partition coefficient (Wildman–Crippen LogP) is 3.01. The minimum atomic E-state index is -0.308. The van der Waals surface area contributed by atoms with Crippen molar-refractivity contribution in [2.24, 2.45) is 0 Å². The highest BCUT2D eigenvalue weighted by molar-refractivity contribution is 5.78. The maximum Gasteiger partial charge on any atom is 0.224 e. The van der Waals surface area contributed by atoms with Gasteiger partial charge in [0.1, 0.15) is 5.82 Å². The Morgan fingerprint density at radius 3 is 2.57 bits per heavy atom. The average molecular weight is 314 g/mol. The van der Waals surface area contributed by atoms with E-state index in [9.17, 15) is 9.18 Å². The fraction of sp³-hybridized carbons (Fsp3) is 0.316. The SMILES string of the molecule is CN(CCCNC(=O)Cc1cccc(F)c1)Cc1ccccc1. The summed E-state index contributed by atoms with van der Waals surface area (Å²) in [5, 5.41) is 2.88. The van der Waals surface area contributed by atoms with Crippen LogP contribution in [0.2, 0.25) is 0 Å². The molecule has 2 aromatic carbocycles. The molecule has 0 aliphatic heterocycles. The number of nitrogens with zero attached hydrogens (tertiary/aromatic N) is 1. The highest BCUT2D eigenvalue weighted by atomic mass is 19.1. The average Bonchev–Trinajstić information content (AvgIpc) is 2.52. The van der Waals surface area contributed by atoms with Gasteiger partial charge in [0, 0.05) is 13.1 Å². The minimum absolute atomic E-state index is 0.0682. The number of hydrogen-bond acceptors (Lipinski definition) is 2. The number of nitrogens with one attached hydrogen (secondary N) is 1. The van der Waals surface area contributed by atoms with E-state index >= 15 is 0 Å². The quantitative estimate of drug-likeness (QED) is 0.760. The zero-order valence-corrected chi connectivity index (χ0v) is 13.5. The lowest BCUT2D eigenvalue weighted by Gasteiger charge is -2.16. The summed E-state index contributed by atoms with van der Waals surface area (Å²) in [6, 6.07) is 16.5. The summed E-state index contributed by atoms with van der Waals surface area (Å²) in [5.74, 6) is -0.376. The first-order valence-corrected chi connectivity index (χ1v) is 7.87. The topological polar surface area (TPSA) is 32.3 Å². The zero-order valence-electron chi connectivity index (χ0n) is 13.5. The number of carbonyl (C=O) groups is 1. The van der Waals surface area contributed by atoms with Gasteiger partial charge in [0.05, 0.1) is 6.42 Å². The Hall–Kier alpha value is -2.20. The van der Waals surface area contributed by atoms with E-state index in [1.165, 1.54) is 17.7 Å². The second-order valence-corrected chi connectivity index (χ2v) is 5.73. The summed E-state index contributed by atoms with van der Waals surface area (Å²) >= 11 is 0. The van der Waals surface area contributed by atoms with Crippen LogP contribution in [0, 0.1) is 5.82 Å². The van der Waals surface area contributed by atoms with Gasteiger partial charge in [-0.15, -0.1) is 0 Å². The van der Waals surface area contributed by atoms with E-state index in [0.717, 1.165) is 19.5 Å². The molecule has 0 fully saturated rings. The molecule has 0 heterocycles. The van der Waals surface area contributed by atoms with Crippen molar-refractivity contribution in [2.45, 2.75) is 19.4 Å². The lowest BCUT2D eigenvalue weighted by Crippen LogP contribution is -2.29. The third kappa shape index (κ3) is 6.61. The van der Waals surface area contributed by atoms with Crippen molar-refractivity contribution in [3.63, 3.8) is 0 Å². The van der Waals surface area contributed by atoms with Crippen LogP contribution in [-0.2, 0) is 17.8 Å². The predicted molar refractivity (Wildman–Crippen MR) is 90.5 cm³/mol. The Kier molecular flexibility index (Phi) is 6.76. The largest absolute Gasteiger partial charge is 0.356 e. The molecule has 0 saturated heterocycles. The van der Waals surface area contributed by atoms with Gasteiger partial charge in [-0.25, -0.2) is 4.39 Å². The number of halogens is 1. The molecular formula is C19H23FN2O. The van der Waals surface area contributed by atoms with E-state index in [4.69, 9.17) is 0 Å². The molecule has 0 saturated carbocycles. The van der Waals surface area contributed by atoms with Gasteiger partial charge in [-0.1, -0.05) is 42.5 Å². The van der Waals surface area contributed by atoms with Gasteiger partial charge in [-0.3, -0.25) is 4.79 Å². The third-order valence-corrected chi connectivity index (χ3v) is 3.59. The highest BCUT2D eigenvalue weighted by Crippen LogP contribution is 2.04. The Bertz CT molecular complexity index is 616. The van der Waals surface area contributed by atoms with E-state index in [1.807, 2.05) is 18.2 Å². The highest BCUT2D eigenvalue weighted by Gasteiger charge is 2.04. The number of amides is 1. The zero-order chi connectivity index (χ0) is 16.5. The molecule has 3 nitrogen and oxygen atoms in total. The number of carbonyl (C=O) groups excluding carboxylic acids is 1. The van der Waals surface area contributed by atoms with Gasteiger partial charge in [-0.2, -0.15) is 0 Å². The summed E-state index contributed by atoms with van der Waals surface area (Å²) < 4.78 is 13.1. The molecule has 1 amide bonds. The van der Waals surface area contributed by atoms with Gasteiger partial charge in [-0.05, 0) is 43.3 Å². The van der Waals surface area contributed by atoms with Crippen molar-refractivity contribution in [2.75, 3.05) is 20.1 Å². The lowest BCUT2D eigenvalue weighted by atomic mass is 10.1. The first-order valence-electron chi connectivity index (χ1n) is 7.87. The Labute approximate surface area is 137 Å². The smallest absolute Gasteiger partial charge is 0.224 e. The van der Waals surface area contributed by atoms with Crippen molar-refractivity contribution in [1.29, 1.82) is 0 Å². The van der Waals surface area contributed by atoms with Crippen molar-refractivity contribution >= 4 is 5.91 Å². The number of benzene rings is 2. The summed E-state index contributed by atoms with van der Waals surface area (Å²) in [4.78, 5) is 14.0. The second-order valence-electron chi connectivity index (χ2n) is 5.73. The Morgan fingerprint density at radius 2 is 1.83 bits per heavy atom. The molecule has 2 rings (SSSR count). The van der Waals surface area contributed by atoms with Crippen molar-refractivity contribution in [1.82, 2.24) is 10.2 Å². The van der Waals surface area contributed by atoms with Crippen LogP contribution in [0.15, 0.2) is 54.6 Å². The van der Waals surface area contributed by atoms with E-state index in [0.29, 0.717) is 12.1 Å². The molecule has 0 aliphatic rings. The molecule has 4 heteroatoms. The van der Waals surface area contributed by atoms with Crippen LogP contribution in [0.3, 0.4) is 0 Å². The molecule has 0 radical (unpaired) electrons. The Morgan fingerprint density at radius 1 is 1.09 bits per heavy atom. The molecule has 0 spiro atoms. The van der Waals surface area contributed by atoms with Crippen LogP contribution in [0.5, 0.6) is 0 Å². The summed E-state index contributed by atoms with van der Waals surface area (Å²) in [6.45, 7) is 2.44. The lowest BCUT2D eigenvalue weighted by molar-refractivity contribution is -0.120. The molecule has 0 bridgehead atoms. The molecule has 23 heavy (non-hydrogen) atoms. The van der Waals surface area contributed by atoms with Gasteiger partial charge in [0.2, 0.25) is 5.91 Å². The van der Waals surface area contributed by atoms with Crippen molar-refractivity contribution in [3.05, 3.63) is 71.5 Å². The standard InChI is InChI=1S/C19H23FN2O/c1-22(15-16-7-3-2-4-8-16)12-6-11-21-19(23)14-17-9-5-10-18(20)13-17/h2-5,7-10,13H,6,11-12,14-15H2,1H3,(H,21,23). The third-order valence-electron chi connectivity index (χ3n) is 3.59. The molecular weight excluding hydrogens is 291 g/mol. The van der Waals surface area contributed by atoms with Gasteiger partial charge < -0.3 is 10.2 Å². The van der Waals surface area contributed by atoms with Crippen molar-refractivity contribution in [3.8, 4) is 0 Å². The van der Waals surface area contributed by atoms with E-state index < -0.39 is 0 Å². The molecule has 0 aliphatic carbocycles. The molecule has 0 unspecified atom stereocenters. The van der Waals surface area contributed by atoms with Gasteiger partial charge in [0.15, 0.2) is 0 Å². The number of hydrogen-bond donors (Lipinski definition) is 1. The monoisotopic (exact) mass is 314 g/mol. The molecule has 2 aromatic rings. The second kappa shape index (κ2) is 9.06. The minimum Gasteiger partial charge on any atom is -0.356 e. The van der Waals surface area contributed by atoms with E-state index in [1.54, 1.807) is 12.1 Å². The van der Waals surface area contributed by atoms with E-state index in [-0.39, 0.29) is 18.1 Å². The van der Waals surface area contributed by atoms with Crippen LogP contribution < -0.4 is 5.32 Å². The van der Waals surface area contributed by atoms with Gasteiger partial charge >= 0.3 is 0 Å². The van der Waals surface area contributed by atoms with Crippen LogP contribution in [0.4, 0.5) is 4.39 Å². The molecule has 122 valence electrons. The summed E-state index contributed by atoms with van der Waals surface area (Å²) in [6.07, 6.45) is 1.11. The first-order chi connectivity index (χ1) is 11.1. The maximum atomic E-state index is 13.1. The summed E-state index contributed by atoms with van der Waals surface area (Å²) in [5.41, 5.74) is 1.98. The van der Waals surface area contributed by atoms with Crippen LogP contribution in [0.1, 0.15) is 17.5 Å². The first kappa shape index (κ1) is 17.2. The van der Waals surface area contributed by atoms with E-state index in [2.05, 4.69) is 29.4 Å². The Balaban J connectivity index is 1.62. The molecule has 0 atom stereocenters. The fourth-order valence-electron chi connectivity index (χ4n) is 2.45. The van der Waals surface area contributed by atoms with Crippen LogP contribution in [0.25, 0.3) is 0 Å². The maximum absolute atomic E-state index is 13.1. The summed E-state index contributed by atoms with van der Waals surface area (Å²) in [7, 11) is 2.07. The van der Waals surface area contributed by atoms with Crippen LogP contribution >= 0.6 is 0 Å². The van der Waals surface area contributed by atoms with Gasteiger partial charge in [0.25, 0.3) is 0 Å². The van der Waals surface area contributed by atoms with Crippen molar-refractivity contribution < 1.29 is 9.18 Å². The number of rotatable bonds is 8. The molecule has 1 N–H and O–H groups in total.